The van der Waals surface area contributed by atoms with Crippen LogP contribution in [-0.4, -0.2) is 49.1 Å². The van der Waals surface area contributed by atoms with Gasteiger partial charge in [0.2, 0.25) is 16.3 Å². The van der Waals surface area contributed by atoms with Crippen LogP contribution in [0.3, 0.4) is 0 Å². The fourth-order valence-electron chi connectivity index (χ4n) is 3.35. The van der Waals surface area contributed by atoms with E-state index in [2.05, 4.69) is 54.2 Å². The van der Waals surface area contributed by atoms with Crippen molar-refractivity contribution in [3.05, 3.63) is 16.6 Å². The number of hydrogen-bond acceptors (Lipinski definition) is 8. The van der Waals surface area contributed by atoms with E-state index >= 15 is 0 Å². The van der Waals surface area contributed by atoms with Crippen LogP contribution in [0.2, 0.25) is 5.28 Å². The van der Waals surface area contributed by atoms with Gasteiger partial charge in [0.05, 0.1) is 12.2 Å². The summed E-state index contributed by atoms with van der Waals surface area (Å²) < 4.78 is 0. The summed E-state index contributed by atoms with van der Waals surface area (Å²) in [5.74, 6) is 0.971. The largest absolute Gasteiger partial charge is 0.354 e. The maximum absolute atomic E-state index is 12.8. The molecule has 0 bridgehead atoms. The number of amides is 1. The van der Waals surface area contributed by atoms with Crippen LogP contribution in [-0.2, 0) is 11.2 Å². The van der Waals surface area contributed by atoms with E-state index in [1.54, 1.807) is 6.33 Å². The van der Waals surface area contributed by atoms with E-state index in [0.717, 1.165) is 36.3 Å². The monoisotopic (exact) mass is 420 g/mol. The molecule has 1 aliphatic rings. The third-order valence-corrected chi connectivity index (χ3v) is 5.64. The maximum atomic E-state index is 12.8. The molecule has 1 amide bonds. The lowest BCUT2D eigenvalue weighted by atomic mass is 9.97. The van der Waals surface area contributed by atoms with Gasteiger partial charge in [0.25, 0.3) is 0 Å². The highest BCUT2D eigenvalue weighted by atomic mass is 35.5. The van der Waals surface area contributed by atoms with Crippen molar-refractivity contribution in [2.24, 2.45) is 11.8 Å². The molecule has 1 unspecified atom stereocenters. The molecular formula is C17H21ClN8OS. The zero-order chi connectivity index (χ0) is 19.7. The number of halogens is 1. The number of H-pyrrole nitrogens is 1. The van der Waals surface area contributed by atoms with Gasteiger partial charge in [-0.1, -0.05) is 25.2 Å². The minimum atomic E-state index is -0.169. The van der Waals surface area contributed by atoms with E-state index in [1.165, 1.54) is 11.3 Å². The van der Waals surface area contributed by atoms with Crippen LogP contribution < -0.4 is 10.2 Å². The molecule has 2 N–H and O–H groups in total. The Balaban J connectivity index is 1.46. The van der Waals surface area contributed by atoms with Gasteiger partial charge >= 0.3 is 0 Å². The van der Waals surface area contributed by atoms with Crippen LogP contribution in [0.15, 0.2) is 6.33 Å². The fraction of sp³-hybridized carbons (Fsp3) is 0.529. The van der Waals surface area contributed by atoms with Gasteiger partial charge < -0.3 is 15.2 Å². The summed E-state index contributed by atoms with van der Waals surface area (Å²) in [6.45, 7) is 5.60. The van der Waals surface area contributed by atoms with Crippen LogP contribution >= 0.6 is 22.9 Å². The number of nitrogens with one attached hydrogen (secondary N) is 2. The van der Waals surface area contributed by atoms with Crippen molar-refractivity contribution in [1.82, 2.24) is 30.1 Å². The molecular weight excluding hydrogens is 400 g/mol. The molecule has 1 atom stereocenters. The molecule has 3 aromatic heterocycles. The number of aromatic nitrogens is 6. The van der Waals surface area contributed by atoms with E-state index in [-0.39, 0.29) is 17.1 Å². The van der Waals surface area contributed by atoms with Crippen molar-refractivity contribution in [2.75, 3.05) is 23.3 Å². The average molecular weight is 421 g/mol. The number of carbonyl (C=O) groups is 1. The summed E-state index contributed by atoms with van der Waals surface area (Å²) in [7, 11) is 0. The molecule has 0 spiro atoms. The van der Waals surface area contributed by atoms with E-state index in [1.807, 2.05) is 0 Å². The van der Waals surface area contributed by atoms with E-state index < -0.39 is 0 Å². The van der Waals surface area contributed by atoms with E-state index in [0.29, 0.717) is 29.1 Å². The maximum Gasteiger partial charge on any atom is 0.231 e. The standard InChI is InChI=1S/C17H21ClN8OS/c1-9(2)6-11-24-25-17(28-11)23-15(27)10-4-3-5-26(7-10)14-12-13(20-8-19-12)21-16(18)22-14/h8-10H,3-7H2,1-2H3,(H,23,25,27)(H,19,20,21,22). The first-order valence-electron chi connectivity index (χ1n) is 9.24. The molecule has 28 heavy (non-hydrogen) atoms. The Morgan fingerprint density at radius 3 is 3.11 bits per heavy atom. The van der Waals surface area contributed by atoms with Crippen molar-refractivity contribution in [3.8, 4) is 0 Å². The van der Waals surface area contributed by atoms with Gasteiger partial charge in [-0.05, 0) is 30.4 Å². The number of fused-ring (bicyclic) bond motifs is 1. The number of anilines is 2. The normalized spacial score (nSPS) is 17.4. The first-order valence-corrected chi connectivity index (χ1v) is 10.4. The Labute approximate surface area is 171 Å². The number of carbonyl (C=O) groups excluding carboxylic acids is 1. The van der Waals surface area contributed by atoms with Crippen LogP contribution in [0.25, 0.3) is 11.2 Å². The molecule has 1 aliphatic heterocycles. The van der Waals surface area contributed by atoms with Crippen LogP contribution in [0, 0.1) is 11.8 Å². The van der Waals surface area contributed by atoms with Gasteiger partial charge in [0, 0.05) is 19.5 Å². The highest BCUT2D eigenvalue weighted by Crippen LogP contribution is 2.28. The predicted octanol–water partition coefficient (Wildman–Crippen LogP) is 2.91. The summed E-state index contributed by atoms with van der Waals surface area (Å²) in [5, 5.41) is 12.8. The zero-order valence-electron chi connectivity index (χ0n) is 15.6. The van der Waals surface area contributed by atoms with Gasteiger partial charge in [-0.3, -0.25) is 4.79 Å². The molecule has 0 radical (unpaired) electrons. The van der Waals surface area contributed by atoms with Gasteiger partial charge in [0.15, 0.2) is 11.5 Å². The lowest BCUT2D eigenvalue weighted by Crippen LogP contribution is -2.41. The lowest BCUT2D eigenvalue weighted by molar-refractivity contribution is -0.120. The smallest absolute Gasteiger partial charge is 0.231 e. The summed E-state index contributed by atoms with van der Waals surface area (Å²) in [5.41, 5.74) is 1.25. The van der Waals surface area contributed by atoms with Gasteiger partial charge in [-0.2, -0.15) is 9.97 Å². The van der Waals surface area contributed by atoms with E-state index in [4.69, 9.17) is 11.6 Å². The van der Waals surface area contributed by atoms with Crippen molar-refractivity contribution >= 4 is 51.0 Å². The average Bonchev–Trinajstić information content (AvgIpc) is 3.29. The molecule has 0 aliphatic carbocycles. The van der Waals surface area contributed by atoms with Crippen molar-refractivity contribution in [1.29, 1.82) is 0 Å². The van der Waals surface area contributed by atoms with Crippen LogP contribution in [0.1, 0.15) is 31.7 Å². The van der Waals surface area contributed by atoms with E-state index in [9.17, 15) is 4.79 Å². The Hall–Kier alpha value is -2.33. The molecule has 9 nitrogen and oxygen atoms in total. The fourth-order valence-corrected chi connectivity index (χ4v) is 4.46. The topological polar surface area (TPSA) is 113 Å². The second-order valence-electron chi connectivity index (χ2n) is 7.29. The molecule has 1 fully saturated rings. The Morgan fingerprint density at radius 1 is 1.43 bits per heavy atom. The molecule has 0 saturated carbocycles. The molecule has 0 aromatic carbocycles. The molecule has 4 heterocycles. The minimum absolute atomic E-state index is 0.0436. The number of hydrogen-bond donors (Lipinski definition) is 2. The van der Waals surface area contributed by atoms with Gasteiger partial charge in [0.1, 0.15) is 10.5 Å². The Kier molecular flexibility index (Phi) is 5.40. The highest BCUT2D eigenvalue weighted by Gasteiger charge is 2.29. The second kappa shape index (κ2) is 7.96. The van der Waals surface area contributed by atoms with Crippen molar-refractivity contribution in [3.63, 3.8) is 0 Å². The number of imidazole rings is 1. The van der Waals surface area contributed by atoms with Crippen LogP contribution in [0.5, 0.6) is 0 Å². The van der Waals surface area contributed by atoms with Gasteiger partial charge in [-0.15, -0.1) is 10.2 Å². The third-order valence-electron chi connectivity index (χ3n) is 4.61. The van der Waals surface area contributed by atoms with Crippen molar-refractivity contribution < 1.29 is 4.79 Å². The zero-order valence-corrected chi connectivity index (χ0v) is 17.2. The molecule has 148 valence electrons. The minimum Gasteiger partial charge on any atom is -0.354 e. The number of piperidine rings is 1. The summed E-state index contributed by atoms with van der Waals surface area (Å²) >= 11 is 7.49. The summed E-state index contributed by atoms with van der Waals surface area (Å²) in [4.78, 5) is 30.5. The summed E-state index contributed by atoms with van der Waals surface area (Å²) in [6, 6.07) is 0. The molecule has 11 heteroatoms. The Morgan fingerprint density at radius 2 is 2.29 bits per heavy atom. The predicted molar refractivity (Wildman–Crippen MR) is 109 cm³/mol. The van der Waals surface area contributed by atoms with Crippen LogP contribution in [0.4, 0.5) is 10.9 Å². The lowest BCUT2D eigenvalue weighted by Gasteiger charge is -2.32. The quantitative estimate of drug-likeness (QED) is 0.610. The van der Waals surface area contributed by atoms with Gasteiger partial charge in [-0.25, -0.2) is 4.98 Å². The first kappa shape index (κ1) is 19.0. The number of rotatable bonds is 5. The molecule has 3 aromatic rings. The first-order chi connectivity index (χ1) is 13.5. The molecule has 4 rings (SSSR count). The van der Waals surface area contributed by atoms with Crippen molar-refractivity contribution in [2.45, 2.75) is 33.1 Å². The summed E-state index contributed by atoms with van der Waals surface area (Å²) in [6.07, 6.45) is 4.12. The number of aromatic amines is 1. The Bertz CT molecular complexity index is 987. The molecule has 1 saturated heterocycles. The SMILES string of the molecule is CC(C)Cc1nnc(NC(=O)C2CCCN(c3nc(Cl)nc4nc[nH]c34)C2)s1. The number of nitrogens with zero attached hydrogens (tertiary/aromatic N) is 6. The second-order valence-corrected chi connectivity index (χ2v) is 8.69. The third kappa shape index (κ3) is 4.07. The highest BCUT2D eigenvalue weighted by molar-refractivity contribution is 7.15.